The van der Waals surface area contributed by atoms with Crippen LogP contribution in [-0.2, 0) is 0 Å². The van der Waals surface area contributed by atoms with Gasteiger partial charge in [-0.2, -0.15) is 0 Å². The van der Waals surface area contributed by atoms with Crippen molar-refractivity contribution in [3.05, 3.63) is 28.5 Å². The first-order valence-electron chi connectivity index (χ1n) is 2.94. The van der Waals surface area contributed by atoms with Gasteiger partial charge in [0.2, 0.25) is 0 Å². The quantitative estimate of drug-likeness (QED) is 0.614. The Kier molecular flexibility index (Phi) is 3.20. The van der Waals surface area contributed by atoms with Crippen LogP contribution in [0.1, 0.15) is 10.4 Å². The lowest BCUT2D eigenvalue weighted by atomic mass is 10.2. The van der Waals surface area contributed by atoms with E-state index in [2.05, 4.69) is 36.8 Å². The lowest BCUT2D eigenvalue weighted by molar-refractivity contribution is 0.102. The zero-order chi connectivity index (χ0) is 8.27. The van der Waals surface area contributed by atoms with E-state index in [1.165, 1.54) is 0 Å². The van der Waals surface area contributed by atoms with Gasteiger partial charge in [0.15, 0.2) is 5.78 Å². The Morgan fingerprint density at radius 1 is 1.64 bits per heavy atom. The molecular weight excluding hydrogens is 274 g/mol. The number of aromatic nitrogens is 1. The Morgan fingerprint density at radius 3 is 2.91 bits per heavy atom. The Morgan fingerprint density at radius 2 is 2.36 bits per heavy atom. The van der Waals surface area contributed by atoms with E-state index in [-0.39, 0.29) is 5.78 Å². The highest BCUT2D eigenvalue weighted by Gasteiger charge is 2.06. The molecule has 0 fully saturated rings. The van der Waals surface area contributed by atoms with Crippen LogP contribution in [0.5, 0.6) is 0 Å². The largest absolute Gasteiger partial charge is 0.293 e. The topological polar surface area (TPSA) is 30.0 Å². The molecule has 0 aliphatic heterocycles. The van der Waals surface area contributed by atoms with Crippen molar-refractivity contribution in [3.63, 3.8) is 0 Å². The van der Waals surface area contributed by atoms with Gasteiger partial charge >= 0.3 is 0 Å². The molecule has 1 rings (SSSR count). The molecule has 0 aromatic carbocycles. The maximum atomic E-state index is 11.1. The second kappa shape index (κ2) is 3.97. The molecule has 0 aliphatic carbocycles. The molecule has 0 saturated heterocycles. The van der Waals surface area contributed by atoms with Crippen LogP contribution in [0.25, 0.3) is 0 Å². The van der Waals surface area contributed by atoms with Gasteiger partial charge in [-0.25, -0.2) is 0 Å². The number of nitrogens with zero attached hydrogens (tertiary/aromatic N) is 1. The zero-order valence-corrected chi connectivity index (χ0v) is 8.72. The normalized spacial score (nSPS) is 9.64. The number of pyridine rings is 1. The monoisotopic (exact) mass is 277 g/mol. The summed E-state index contributed by atoms with van der Waals surface area (Å²) >= 11 is 6.33. The Labute approximate surface area is 81.3 Å². The highest BCUT2D eigenvalue weighted by molar-refractivity contribution is 9.10. The fourth-order valence-electron chi connectivity index (χ4n) is 0.673. The molecule has 11 heavy (non-hydrogen) atoms. The van der Waals surface area contributed by atoms with Crippen LogP contribution in [0.3, 0.4) is 0 Å². The second-order valence-electron chi connectivity index (χ2n) is 1.91. The summed E-state index contributed by atoms with van der Waals surface area (Å²) in [4.78, 5) is 15.0. The summed E-state index contributed by atoms with van der Waals surface area (Å²) in [6, 6.07) is 1.69. The highest BCUT2D eigenvalue weighted by Crippen LogP contribution is 2.15. The van der Waals surface area contributed by atoms with Gasteiger partial charge in [-0.1, -0.05) is 15.9 Å². The van der Waals surface area contributed by atoms with Crippen molar-refractivity contribution in [2.75, 3.05) is 5.33 Å². The Hall–Kier alpha value is -0.220. The van der Waals surface area contributed by atoms with E-state index in [9.17, 15) is 4.79 Å². The van der Waals surface area contributed by atoms with Crippen LogP contribution in [0, 0.1) is 0 Å². The number of hydrogen-bond donors (Lipinski definition) is 0. The summed E-state index contributed by atoms with van der Waals surface area (Å²) in [5.74, 6) is 0.0549. The predicted molar refractivity (Wildman–Crippen MR) is 50.1 cm³/mol. The van der Waals surface area contributed by atoms with E-state index >= 15 is 0 Å². The second-order valence-corrected chi connectivity index (χ2v) is 3.33. The molecular formula is C7H5Br2NO. The van der Waals surface area contributed by atoms with E-state index in [1.54, 1.807) is 18.5 Å². The average molecular weight is 279 g/mol. The third kappa shape index (κ3) is 2.10. The van der Waals surface area contributed by atoms with Crippen LogP contribution in [0.2, 0.25) is 0 Å². The summed E-state index contributed by atoms with van der Waals surface area (Å²) in [5.41, 5.74) is 0.664. The molecule has 4 heteroatoms. The van der Waals surface area contributed by atoms with Gasteiger partial charge in [0.25, 0.3) is 0 Å². The maximum Gasteiger partial charge on any atom is 0.174 e. The molecule has 0 saturated carbocycles. The van der Waals surface area contributed by atoms with Crippen molar-refractivity contribution in [2.45, 2.75) is 0 Å². The minimum atomic E-state index is 0.0549. The number of ketones is 1. The van der Waals surface area contributed by atoms with Crippen molar-refractivity contribution >= 4 is 37.6 Å². The van der Waals surface area contributed by atoms with E-state index in [4.69, 9.17) is 0 Å². The third-order valence-corrected chi connectivity index (χ3v) is 2.34. The van der Waals surface area contributed by atoms with Crippen molar-refractivity contribution in [3.8, 4) is 0 Å². The summed E-state index contributed by atoms with van der Waals surface area (Å²) in [6.07, 6.45) is 3.20. The average Bonchev–Trinajstić information content (AvgIpc) is 2.04. The number of rotatable bonds is 2. The van der Waals surface area contributed by atoms with Gasteiger partial charge in [-0.05, 0) is 22.0 Å². The SMILES string of the molecule is O=C(CBr)c1ccncc1Br. The fourth-order valence-corrected chi connectivity index (χ4v) is 1.45. The van der Waals surface area contributed by atoms with Crippen LogP contribution in [0.15, 0.2) is 22.9 Å². The van der Waals surface area contributed by atoms with Crippen LogP contribution in [0.4, 0.5) is 0 Å². The first-order valence-corrected chi connectivity index (χ1v) is 4.86. The molecule has 0 atom stereocenters. The number of carbonyl (C=O) groups excluding carboxylic acids is 1. The molecule has 0 bridgehead atoms. The van der Waals surface area contributed by atoms with Crippen molar-refractivity contribution < 1.29 is 4.79 Å². The van der Waals surface area contributed by atoms with Gasteiger partial charge in [0.1, 0.15) is 0 Å². The Bertz CT molecular complexity index is 275. The van der Waals surface area contributed by atoms with E-state index < -0.39 is 0 Å². The molecule has 2 nitrogen and oxygen atoms in total. The van der Waals surface area contributed by atoms with Gasteiger partial charge in [0, 0.05) is 22.4 Å². The first-order chi connectivity index (χ1) is 5.25. The summed E-state index contributed by atoms with van der Waals surface area (Å²) in [7, 11) is 0. The lowest BCUT2D eigenvalue weighted by Gasteiger charge is -1.97. The van der Waals surface area contributed by atoms with Gasteiger partial charge < -0.3 is 0 Å². The minimum Gasteiger partial charge on any atom is -0.293 e. The number of hydrogen-bond acceptors (Lipinski definition) is 2. The summed E-state index contributed by atoms with van der Waals surface area (Å²) in [6.45, 7) is 0. The van der Waals surface area contributed by atoms with Crippen LogP contribution >= 0.6 is 31.9 Å². The summed E-state index contributed by atoms with van der Waals surface area (Å²) < 4.78 is 0.740. The molecule has 0 spiro atoms. The number of halogens is 2. The molecule has 0 unspecified atom stereocenters. The zero-order valence-electron chi connectivity index (χ0n) is 5.55. The lowest BCUT2D eigenvalue weighted by Crippen LogP contribution is -2.00. The van der Waals surface area contributed by atoms with E-state index in [1.807, 2.05) is 0 Å². The van der Waals surface area contributed by atoms with Gasteiger partial charge in [-0.3, -0.25) is 9.78 Å². The van der Waals surface area contributed by atoms with Crippen LogP contribution in [-0.4, -0.2) is 16.1 Å². The fraction of sp³-hybridized carbons (Fsp3) is 0.143. The third-order valence-electron chi connectivity index (χ3n) is 1.19. The van der Waals surface area contributed by atoms with Gasteiger partial charge in [0.05, 0.1) is 5.33 Å². The van der Waals surface area contributed by atoms with Gasteiger partial charge in [-0.15, -0.1) is 0 Å². The molecule has 0 amide bonds. The number of Topliss-reactive ketones (excluding diaryl/α,β-unsaturated/α-hetero) is 1. The van der Waals surface area contributed by atoms with Crippen molar-refractivity contribution in [1.29, 1.82) is 0 Å². The molecule has 1 aromatic rings. The Balaban J connectivity index is 3.03. The maximum absolute atomic E-state index is 11.1. The van der Waals surface area contributed by atoms with Crippen molar-refractivity contribution in [1.82, 2.24) is 4.98 Å². The molecule has 0 N–H and O–H groups in total. The number of carbonyl (C=O) groups is 1. The standard InChI is InChI=1S/C7H5Br2NO/c8-3-7(11)5-1-2-10-4-6(5)9/h1-2,4H,3H2. The van der Waals surface area contributed by atoms with Crippen LogP contribution < -0.4 is 0 Å². The molecule has 1 aromatic heterocycles. The molecule has 0 aliphatic rings. The minimum absolute atomic E-state index is 0.0549. The predicted octanol–water partition coefficient (Wildman–Crippen LogP) is 2.42. The highest BCUT2D eigenvalue weighted by atomic mass is 79.9. The molecule has 1 heterocycles. The first kappa shape index (κ1) is 8.87. The van der Waals surface area contributed by atoms with E-state index in [0.29, 0.717) is 10.9 Å². The smallest absolute Gasteiger partial charge is 0.174 e. The van der Waals surface area contributed by atoms with E-state index in [0.717, 1.165) is 4.47 Å². The van der Waals surface area contributed by atoms with Crippen molar-refractivity contribution in [2.24, 2.45) is 0 Å². The molecule has 0 radical (unpaired) electrons. The molecule has 58 valence electrons. The summed E-state index contributed by atoms with van der Waals surface area (Å²) in [5, 5.41) is 0.343. The number of alkyl halides is 1.